The molecule has 0 unspecified atom stereocenters. The van der Waals surface area contributed by atoms with Crippen molar-refractivity contribution in [1.82, 2.24) is 10.3 Å². The fraction of sp³-hybridized carbons (Fsp3) is 0.476. The Labute approximate surface area is 150 Å². The summed E-state index contributed by atoms with van der Waals surface area (Å²) in [6.07, 6.45) is 6.98. The SMILES string of the molecule is CC[C@H](N[C@@H](C)c1ccc(OC2CCOCC2)cc1)c1ccncc1. The third-order valence-electron chi connectivity index (χ3n) is 4.82. The van der Waals surface area contributed by atoms with Crippen LogP contribution in [0.2, 0.25) is 0 Å². The minimum absolute atomic E-state index is 0.273. The van der Waals surface area contributed by atoms with E-state index in [1.807, 2.05) is 12.4 Å². The van der Waals surface area contributed by atoms with Gasteiger partial charge in [-0.1, -0.05) is 19.1 Å². The van der Waals surface area contributed by atoms with Gasteiger partial charge in [-0.3, -0.25) is 4.98 Å². The normalized spacial score (nSPS) is 17.8. The Kier molecular flexibility index (Phi) is 6.42. The van der Waals surface area contributed by atoms with Crippen molar-refractivity contribution in [3.05, 3.63) is 59.9 Å². The van der Waals surface area contributed by atoms with Crippen LogP contribution in [0.3, 0.4) is 0 Å². The fourth-order valence-corrected chi connectivity index (χ4v) is 3.26. The van der Waals surface area contributed by atoms with E-state index in [2.05, 4.69) is 60.5 Å². The lowest BCUT2D eigenvalue weighted by atomic mass is 10.0. The minimum Gasteiger partial charge on any atom is -0.490 e. The summed E-state index contributed by atoms with van der Waals surface area (Å²) in [7, 11) is 0. The molecule has 3 rings (SSSR count). The number of hydrogen-bond donors (Lipinski definition) is 1. The van der Waals surface area contributed by atoms with Gasteiger partial charge >= 0.3 is 0 Å². The molecule has 2 aromatic rings. The molecule has 0 aliphatic carbocycles. The smallest absolute Gasteiger partial charge is 0.119 e. The summed E-state index contributed by atoms with van der Waals surface area (Å²) < 4.78 is 11.4. The lowest BCUT2D eigenvalue weighted by Crippen LogP contribution is -2.26. The van der Waals surface area contributed by atoms with Crippen LogP contribution in [0, 0.1) is 0 Å². The van der Waals surface area contributed by atoms with E-state index in [0.717, 1.165) is 38.2 Å². The average Bonchev–Trinajstić information content (AvgIpc) is 2.68. The van der Waals surface area contributed by atoms with E-state index < -0.39 is 0 Å². The van der Waals surface area contributed by atoms with Gasteiger partial charge < -0.3 is 14.8 Å². The molecule has 0 amide bonds. The maximum absolute atomic E-state index is 6.05. The number of benzene rings is 1. The van der Waals surface area contributed by atoms with Crippen molar-refractivity contribution in [2.24, 2.45) is 0 Å². The van der Waals surface area contributed by atoms with E-state index in [0.29, 0.717) is 6.04 Å². The molecule has 4 nitrogen and oxygen atoms in total. The molecule has 1 saturated heterocycles. The third-order valence-corrected chi connectivity index (χ3v) is 4.82. The highest BCUT2D eigenvalue weighted by Gasteiger charge is 2.16. The van der Waals surface area contributed by atoms with Gasteiger partial charge in [0.2, 0.25) is 0 Å². The number of nitrogens with zero attached hydrogens (tertiary/aromatic N) is 1. The molecule has 1 fully saturated rings. The van der Waals surface area contributed by atoms with Gasteiger partial charge in [0.1, 0.15) is 11.9 Å². The van der Waals surface area contributed by atoms with Crippen LogP contribution in [0.15, 0.2) is 48.8 Å². The second-order valence-electron chi connectivity index (χ2n) is 6.63. The molecule has 0 saturated carbocycles. The molecular weight excluding hydrogens is 312 g/mol. The summed E-state index contributed by atoms with van der Waals surface area (Å²) in [6, 6.07) is 13.2. The van der Waals surface area contributed by atoms with E-state index in [9.17, 15) is 0 Å². The summed E-state index contributed by atoms with van der Waals surface area (Å²) in [5.41, 5.74) is 2.55. The zero-order chi connectivity index (χ0) is 17.5. The maximum Gasteiger partial charge on any atom is 0.119 e. The molecule has 1 aliphatic heterocycles. The Morgan fingerprint density at radius 1 is 1.08 bits per heavy atom. The molecule has 25 heavy (non-hydrogen) atoms. The highest BCUT2D eigenvalue weighted by Crippen LogP contribution is 2.24. The molecule has 2 heterocycles. The van der Waals surface area contributed by atoms with Crippen LogP contribution in [0.25, 0.3) is 0 Å². The zero-order valence-electron chi connectivity index (χ0n) is 15.2. The van der Waals surface area contributed by atoms with Crippen LogP contribution in [-0.4, -0.2) is 24.3 Å². The van der Waals surface area contributed by atoms with Crippen LogP contribution in [0.1, 0.15) is 56.3 Å². The van der Waals surface area contributed by atoms with Crippen molar-refractivity contribution in [3.8, 4) is 5.75 Å². The predicted octanol–water partition coefficient (Wildman–Crippen LogP) is 4.44. The van der Waals surface area contributed by atoms with Crippen molar-refractivity contribution in [1.29, 1.82) is 0 Å². The van der Waals surface area contributed by atoms with Gasteiger partial charge in [-0.2, -0.15) is 0 Å². The largest absolute Gasteiger partial charge is 0.490 e. The molecule has 2 atom stereocenters. The highest BCUT2D eigenvalue weighted by atomic mass is 16.5. The predicted molar refractivity (Wildman–Crippen MR) is 99.7 cm³/mol. The van der Waals surface area contributed by atoms with Gasteiger partial charge in [0, 0.05) is 37.3 Å². The van der Waals surface area contributed by atoms with Crippen LogP contribution in [0.5, 0.6) is 5.75 Å². The number of nitrogens with one attached hydrogen (secondary N) is 1. The highest BCUT2D eigenvalue weighted by molar-refractivity contribution is 5.29. The number of aromatic nitrogens is 1. The van der Waals surface area contributed by atoms with Crippen LogP contribution in [0.4, 0.5) is 0 Å². The Bertz CT molecular complexity index is 624. The van der Waals surface area contributed by atoms with Gasteiger partial charge in [0.25, 0.3) is 0 Å². The first-order chi connectivity index (χ1) is 12.3. The zero-order valence-corrected chi connectivity index (χ0v) is 15.2. The molecule has 134 valence electrons. The topological polar surface area (TPSA) is 43.4 Å². The van der Waals surface area contributed by atoms with Gasteiger partial charge in [0.15, 0.2) is 0 Å². The summed E-state index contributed by atoms with van der Waals surface area (Å²) >= 11 is 0. The fourth-order valence-electron chi connectivity index (χ4n) is 3.26. The lowest BCUT2D eigenvalue weighted by Gasteiger charge is -2.25. The molecule has 1 aromatic carbocycles. The van der Waals surface area contributed by atoms with Crippen LogP contribution in [-0.2, 0) is 4.74 Å². The first-order valence-corrected chi connectivity index (χ1v) is 9.26. The molecule has 0 bridgehead atoms. The molecule has 0 radical (unpaired) electrons. The molecular formula is C21H28N2O2. The quantitative estimate of drug-likeness (QED) is 0.809. The first kappa shape index (κ1) is 17.9. The number of ether oxygens (including phenoxy) is 2. The second kappa shape index (κ2) is 8.97. The Hall–Kier alpha value is -1.91. The summed E-state index contributed by atoms with van der Waals surface area (Å²) in [5, 5.41) is 3.71. The average molecular weight is 340 g/mol. The van der Waals surface area contributed by atoms with Gasteiger partial charge in [-0.15, -0.1) is 0 Å². The molecule has 4 heteroatoms. The molecule has 1 N–H and O–H groups in total. The van der Waals surface area contributed by atoms with E-state index in [1.165, 1.54) is 11.1 Å². The number of hydrogen-bond acceptors (Lipinski definition) is 4. The van der Waals surface area contributed by atoms with Crippen molar-refractivity contribution in [2.75, 3.05) is 13.2 Å². The summed E-state index contributed by atoms with van der Waals surface area (Å²) in [6.45, 7) is 6.02. The van der Waals surface area contributed by atoms with Crippen molar-refractivity contribution in [3.63, 3.8) is 0 Å². The third kappa shape index (κ3) is 5.03. The standard InChI is InChI=1S/C21H28N2O2/c1-3-21(18-8-12-22-13-9-18)23-16(2)17-4-6-19(7-5-17)25-20-10-14-24-15-11-20/h4-9,12-13,16,20-21,23H,3,10-11,14-15H2,1-2H3/t16-,21-/m0/s1. The molecule has 0 spiro atoms. The number of pyridine rings is 1. The van der Waals surface area contributed by atoms with Crippen molar-refractivity contribution in [2.45, 2.75) is 51.3 Å². The monoisotopic (exact) mass is 340 g/mol. The first-order valence-electron chi connectivity index (χ1n) is 9.26. The molecule has 1 aromatic heterocycles. The van der Waals surface area contributed by atoms with Gasteiger partial charge in [-0.05, 0) is 48.7 Å². The van der Waals surface area contributed by atoms with E-state index in [4.69, 9.17) is 9.47 Å². The number of rotatable bonds is 7. The van der Waals surface area contributed by atoms with Gasteiger partial charge in [-0.25, -0.2) is 0 Å². The van der Waals surface area contributed by atoms with Crippen molar-refractivity contribution < 1.29 is 9.47 Å². The van der Waals surface area contributed by atoms with E-state index in [1.54, 1.807) is 0 Å². The molecule has 1 aliphatic rings. The van der Waals surface area contributed by atoms with Crippen LogP contribution >= 0.6 is 0 Å². The summed E-state index contributed by atoms with van der Waals surface area (Å²) in [5.74, 6) is 0.948. The second-order valence-corrected chi connectivity index (χ2v) is 6.63. The van der Waals surface area contributed by atoms with E-state index in [-0.39, 0.29) is 12.1 Å². The van der Waals surface area contributed by atoms with Crippen LogP contribution < -0.4 is 10.1 Å². The Morgan fingerprint density at radius 3 is 2.40 bits per heavy atom. The summed E-state index contributed by atoms with van der Waals surface area (Å²) in [4.78, 5) is 4.11. The van der Waals surface area contributed by atoms with Gasteiger partial charge in [0.05, 0.1) is 13.2 Å². The minimum atomic E-state index is 0.273. The van der Waals surface area contributed by atoms with E-state index >= 15 is 0 Å². The maximum atomic E-state index is 6.05. The van der Waals surface area contributed by atoms with Crippen molar-refractivity contribution >= 4 is 0 Å². The Morgan fingerprint density at radius 2 is 1.76 bits per heavy atom. The Balaban J connectivity index is 1.59. The lowest BCUT2D eigenvalue weighted by molar-refractivity contribution is 0.0255.